The van der Waals surface area contributed by atoms with Gasteiger partial charge in [0.15, 0.2) is 0 Å². The summed E-state index contributed by atoms with van der Waals surface area (Å²) in [6, 6.07) is 0. The fraction of sp³-hybridized carbons (Fsp3) is 0.800. The average Bonchev–Trinajstić information content (AvgIpc) is 1.96. The van der Waals surface area contributed by atoms with Crippen molar-refractivity contribution in [2.75, 3.05) is 6.54 Å². The van der Waals surface area contributed by atoms with Gasteiger partial charge in [0, 0.05) is 6.54 Å². The summed E-state index contributed by atoms with van der Waals surface area (Å²) >= 11 is 0. The van der Waals surface area contributed by atoms with Gasteiger partial charge >= 0.3 is 6.09 Å². The van der Waals surface area contributed by atoms with E-state index in [0.717, 1.165) is 4.90 Å². The lowest BCUT2D eigenvalue weighted by Gasteiger charge is -2.24. The maximum Gasteiger partial charge on any atom is 0.416 e. The van der Waals surface area contributed by atoms with Crippen molar-refractivity contribution in [2.24, 2.45) is 5.92 Å². The Kier molecular flexibility index (Phi) is 4.60. The molecule has 0 heterocycles. The zero-order valence-corrected chi connectivity index (χ0v) is 9.53. The van der Waals surface area contributed by atoms with Crippen molar-refractivity contribution < 1.29 is 14.3 Å². The Morgan fingerprint density at radius 2 is 1.93 bits per heavy atom. The van der Waals surface area contributed by atoms with E-state index in [0.29, 0.717) is 13.0 Å². The van der Waals surface area contributed by atoms with E-state index in [1.54, 1.807) is 20.8 Å². The number of nitrogens with zero attached hydrogens (tertiary/aromatic N) is 1. The number of amides is 2. The van der Waals surface area contributed by atoms with E-state index < -0.39 is 11.7 Å². The van der Waals surface area contributed by atoms with Crippen molar-refractivity contribution in [3.63, 3.8) is 0 Å². The summed E-state index contributed by atoms with van der Waals surface area (Å²) in [6.45, 7) is 9.55. The Morgan fingerprint density at radius 1 is 1.43 bits per heavy atom. The fourth-order valence-electron chi connectivity index (χ4n) is 0.875. The zero-order chi connectivity index (χ0) is 11.4. The first-order chi connectivity index (χ1) is 6.26. The lowest BCUT2D eigenvalue weighted by Crippen LogP contribution is -2.37. The second-order valence-electron chi connectivity index (χ2n) is 4.63. The molecule has 0 aliphatic rings. The molecule has 4 heteroatoms. The summed E-state index contributed by atoms with van der Waals surface area (Å²) in [4.78, 5) is 23.0. The minimum Gasteiger partial charge on any atom is -0.443 e. The number of carbonyl (C=O) groups is 2. The number of ether oxygens (including phenoxy) is 1. The molecule has 0 aromatic heterocycles. The minimum absolute atomic E-state index is 0.243. The molecule has 0 saturated carbocycles. The van der Waals surface area contributed by atoms with Gasteiger partial charge < -0.3 is 4.74 Å². The Bertz CT molecular complexity index is 206. The largest absolute Gasteiger partial charge is 0.443 e. The first-order valence-corrected chi connectivity index (χ1v) is 4.71. The maximum absolute atomic E-state index is 11.4. The number of hydrogen-bond donors (Lipinski definition) is 0. The smallest absolute Gasteiger partial charge is 0.416 e. The molecular formula is C10H19NO3. The second-order valence-corrected chi connectivity index (χ2v) is 4.63. The highest BCUT2D eigenvalue weighted by molar-refractivity contribution is 5.80. The third-order valence-corrected chi connectivity index (χ3v) is 1.32. The van der Waals surface area contributed by atoms with Crippen LogP contribution in [0, 0.1) is 5.92 Å². The molecule has 14 heavy (non-hydrogen) atoms. The Labute approximate surface area is 85.2 Å². The molecule has 0 aliphatic heterocycles. The van der Waals surface area contributed by atoms with Crippen molar-refractivity contribution in [2.45, 2.75) is 40.2 Å². The van der Waals surface area contributed by atoms with Crippen LogP contribution in [0.1, 0.15) is 34.6 Å². The molecule has 0 atom stereocenters. The highest BCUT2D eigenvalue weighted by Gasteiger charge is 2.21. The van der Waals surface area contributed by atoms with Gasteiger partial charge in [-0.3, -0.25) is 4.79 Å². The highest BCUT2D eigenvalue weighted by atomic mass is 16.6. The van der Waals surface area contributed by atoms with Crippen LogP contribution >= 0.6 is 0 Å². The molecule has 0 fully saturated rings. The molecule has 82 valence electrons. The predicted octanol–water partition coefficient (Wildman–Crippen LogP) is 2.04. The van der Waals surface area contributed by atoms with Gasteiger partial charge in [0.25, 0.3) is 0 Å². The summed E-state index contributed by atoms with van der Waals surface area (Å²) in [5.74, 6) is 0.243. The van der Waals surface area contributed by atoms with E-state index in [-0.39, 0.29) is 5.92 Å². The minimum atomic E-state index is -0.582. The van der Waals surface area contributed by atoms with E-state index in [9.17, 15) is 9.59 Å². The lowest BCUT2D eigenvalue weighted by atomic mass is 10.2. The molecule has 0 aromatic carbocycles. The summed E-state index contributed by atoms with van der Waals surface area (Å²) in [5, 5.41) is 0. The van der Waals surface area contributed by atoms with Gasteiger partial charge in [0.1, 0.15) is 5.60 Å². The second kappa shape index (κ2) is 4.98. The molecule has 0 rings (SSSR count). The van der Waals surface area contributed by atoms with Crippen molar-refractivity contribution >= 4 is 12.5 Å². The molecule has 0 N–H and O–H groups in total. The van der Waals surface area contributed by atoms with Gasteiger partial charge in [-0.2, -0.15) is 0 Å². The lowest BCUT2D eigenvalue weighted by molar-refractivity contribution is -0.118. The van der Waals surface area contributed by atoms with Crippen molar-refractivity contribution in [1.82, 2.24) is 4.90 Å². The van der Waals surface area contributed by atoms with Crippen LogP contribution in [0.5, 0.6) is 0 Å². The third-order valence-electron chi connectivity index (χ3n) is 1.32. The molecule has 0 radical (unpaired) electrons. The van der Waals surface area contributed by atoms with Gasteiger partial charge in [0.2, 0.25) is 6.41 Å². The molecule has 0 bridgehead atoms. The zero-order valence-electron chi connectivity index (χ0n) is 9.53. The predicted molar refractivity (Wildman–Crippen MR) is 53.8 cm³/mol. The van der Waals surface area contributed by atoms with Crippen LogP contribution in [0.4, 0.5) is 4.79 Å². The molecule has 4 nitrogen and oxygen atoms in total. The molecule has 0 aromatic rings. The number of rotatable bonds is 3. The van der Waals surface area contributed by atoms with Crippen molar-refractivity contribution in [3.05, 3.63) is 0 Å². The topological polar surface area (TPSA) is 46.6 Å². The summed E-state index contributed by atoms with van der Waals surface area (Å²) in [7, 11) is 0. The van der Waals surface area contributed by atoms with E-state index in [2.05, 4.69) is 0 Å². The van der Waals surface area contributed by atoms with Gasteiger partial charge in [0.05, 0.1) is 0 Å². The SMILES string of the molecule is CC(C)CN(C=O)C(=O)OC(C)(C)C. The normalized spacial score (nSPS) is 11.3. The highest BCUT2D eigenvalue weighted by Crippen LogP contribution is 2.10. The first kappa shape index (κ1) is 12.9. The van der Waals surface area contributed by atoms with E-state index >= 15 is 0 Å². The van der Waals surface area contributed by atoms with Crippen LogP contribution in [-0.2, 0) is 9.53 Å². The van der Waals surface area contributed by atoms with E-state index in [1.165, 1.54) is 0 Å². The van der Waals surface area contributed by atoms with Crippen LogP contribution < -0.4 is 0 Å². The van der Waals surface area contributed by atoms with Gasteiger partial charge in [-0.05, 0) is 26.7 Å². The molecule has 0 saturated heterocycles. The monoisotopic (exact) mass is 201 g/mol. The van der Waals surface area contributed by atoms with Crippen molar-refractivity contribution in [3.8, 4) is 0 Å². The quantitative estimate of drug-likeness (QED) is 0.656. The molecule has 0 spiro atoms. The van der Waals surface area contributed by atoms with E-state index in [1.807, 2.05) is 13.8 Å². The van der Waals surface area contributed by atoms with Crippen LogP contribution in [-0.4, -0.2) is 29.5 Å². The standard InChI is InChI=1S/C10H19NO3/c1-8(2)6-11(7-12)9(13)14-10(3,4)5/h7-8H,6H2,1-5H3. The number of imide groups is 1. The number of hydrogen-bond acceptors (Lipinski definition) is 3. The van der Waals surface area contributed by atoms with Crippen LogP contribution in [0.2, 0.25) is 0 Å². The van der Waals surface area contributed by atoms with Gasteiger partial charge in [-0.1, -0.05) is 13.8 Å². The van der Waals surface area contributed by atoms with Crippen LogP contribution in [0.15, 0.2) is 0 Å². The molecular weight excluding hydrogens is 182 g/mol. The Morgan fingerprint density at radius 3 is 2.21 bits per heavy atom. The Balaban J connectivity index is 4.25. The van der Waals surface area contributed by atoms with Crippen LogP contribution in [0.3, 0.4) is 0 Å². The molecule has 2 amide bonds. The first-order valence-electron chi connectivity index (χ1n) is 4.71. The van der Waals surface area contributed by atoms with Gasteiger partial charge in [-0.25, -0.2) is 9.69 Å². The molecule has 0 unspecified atom stereocenters. The fourth-order valence-corrected chi connectivity index (χ4v) is 0.875. The van der Waals surface area contributed by atoms with Crippen LogP contribution in [0.25, 0.3) is 0 Å². The summed E-state index contributed by atoms with van der Waals surface area (Å²) < 4.78 is 5.05. The third kappa shape index (κ3) is 5.56. The summed E-state index contributed by atoms with van der Waals surface area (Å²) in [5.41, 5.74) is -0.560. The van der Waals surface area contributed by atoms with Gasteiger partial charge in [-0.15, -0.1) is 0 Å². The Hall–Kier alpha value is -1.06. The number of carbonyl (C=O) groups excluding carboxylic acids is 2. The van der Waals surface area contributed by atoms with Crippen molar-refractivity contribution in [1.29, 1.82) is 0 Å². The average molecular weight is 201 g/mol. The summed E-state index contributed by atoms with van der Waals surface area (Å²) in [6.07, 6.45) is -0.0742. The molecule has 0 aliphatic carbocycles. The maximum atomic E-state index is 11.4. The van der Waals surface area contributed by atoms with E-state index in [4.69, 9.17) is 4.74 Å².